The Bertz CT molecular complexity index is 819. The highest BCUT2D eigenvalue weighted by molar-refractivity contribution is 7.17. The maximum Gasteiger partial charge on any atom is 0.341 e. The molecule has 0 spiro atoms. The van der Waals surface area contributed by atoms with Gasteiger partial charge < -0.3 is 10.1 Å². The number of halogens is 1. The summed E-state index contributed by atoms with van der Waals surface area (Å²) in [5.41, 5.74) is 2.11. The Morgan fingerprint density at radius 3 is 2.62 bits per heavy atom. The minimum Gasteiger partial charge on any atom is -0.465 e. The van der Waals surface area contributed by atoms with Crippen molar-refractivity contribution in [2.24, 2.45) is 0 Å². The molecule has 2 aromatic rings. The third-order valence-electron chi connectivity index (χ3n) is 4.37. The number of ether oxygens (including phenoxy) is 1. The van der Waals surface area contributed by atoms with Crippen LogP contribution >= 0.6 is 22.9 Å². The van der Waals surface area contributed by atoms with Crippen LogP contribution in [0.25, 0.3) is 0 Å². The van der Waals surface area contributed by atoms with Gasteiger partial charge in [-0.15, -0.1) is 11.3 Å². The van der Waals surface area contributed by atoms with Crippen LogP contribution in [0.2, 0.25) is 5.02 Å². The van der Waals surface area contributed by atoms with Crippen LogP contribution in [-0.2, 0) is 17.6 Å². The SMILES string of the molecule is COC(=O)c1c(NC(=O)Nc2cccc(Cl)c2)sc2c1CCCCCC2. The van der Waals surface area contributed by atoms with Crippen molar-refractivity contribution in [3.8, 4) is 0 Å². The number of hydrogen-bond donors (Lipinski definition) is 2. The molecular formula is C19H21ClN2O3S. The second-order valence-electron chi connectivity index (χ2n) is 6.20. The van der Waals surface area contributed by atoms with E-state index in [9.17, 15) is 9.59 Å². The lowest BCUT2D eigenvalue weighted by atomic mass is 9.96. The van der Waals surface area contributed by atoms with Gasteiger partial charge in [0.25, 0.3) is 0 Å². The van der Waals surface area contributed by atoms with Gasteiger partial charge in [0.05, 0.1) is 12.7 Å². The number of nitrogens with one attached hydrogen (secondary N) is 2. The van der Waals surface area contributed by atoms with Crippen molar-refractivity contribution in [1.82, 2.24) is 0 Å². The fourth-order valence-corrected chi connectivity index (χ4v) is 4.62. The van der Waals surface area contributed by atoms with Crippen LogP contribution in [0.5, 0.6) is 0 Å². The van der Waals surface area contributed by atoms with Crippen molar-refractivity contribution in [2.75, 3.05) is 17.7 Å². The average molecular weight is 393 g/mol. The molecule has 2 N–H and O–H groups in total. The van der Waals surface area contributed by atoms with Gasteiger partial charge in [-0.05, 0) is 49.4 Å². The molecule has 0 saturated heterocycles. The fourth-order valence-electron chi connectivity index (χ4n) is 3.16. The predicted molar refractivity (Wildman–Crippen MR) is 106 cm³/mol. The first-order chi connectivity index (χ1) is 12.6. The first-order valence-corrected chi connectivity index (χ1v) is 9.84. The molecule has 0 unspecified atom stereocenters. The van der Waals surface area contributed by atoms with E-state index in [0.717, 1.165) is 37.7 Å². The van der Waals surface area contributed by atoms with Gasteiger partial charge in [-0.2, -0.15) is 0 Å². The molecule has 1 aliphatic carbocycles. The number of rotatable bonds is 3. The molecule has 7 heteroatoms. The lowest BCUT2D eigenvalue weighted by Gasteiger charge is -2.11. The highest BCUT2D eigenvalue weighted by Gasteiger charge is 2.25. The molecule has 0 aliphatic heterocycles. The highest BCUT2D eigenvalue weighted by Crippen LogP contribution is 2.37. The molecule has 1 heterocycles. The zero-order valence-electron chi connectivity index (χ0n) is 14.6. The van der Waals surface area contributed by atoms with E-state index in [2.05, 4.69) is 10.6 Å². The maximum atomic E-state index is 12.4. The number of aryl methyl sites for hydroxylation is 1. The molecule has 26 heavy (non-hydrogen) atoms. The summed E-state index contributed by atoms with van der Waals surface area (Å²) in [6, 6.07) is 6.50. The van der Waals surface area contributed by atoms with Gasteiger partial charge in [0.15, 0.2) is 0 Å². The number of amides is 2. The molecule has 2 amide bonds. The quantitative estimate of drug-likeness (QED) is 0.678. The third-order valence-corrected chi connectivity index (χ3v) is 5.81. The monoisotopic (exact) mass is 392 g/mol. The average Bonchev–Trinajstić information content (AvgIpc) is 2.90. The number of benzene rings is 1. The number of thiophene rings is 1. The molecule has 138 valence electrons. The van der Waals surface area contributed by atoms with Crippen molar-refractivity contribution < 1.29 is 14.3 Å². The minimum atomic E-state index is -0.411. The molecule has 5 nitrogen and oxygen atoms in total. The topological polar surface area (TPSA) is 67.4 Å². The van der Waals surface area contributed by atoms with Crippen LogP contribution in [0.15, 0.2) is 24.3 Å². The van der Waals surface area contributed by atoms with Gasteiger partial charge in [0.2, 0.25) is 0 Å². The van der Waals surface area contributed by atoms with Crippen LogP contribution in [0.4, 0.5) is 15.5 Å². The molecule has 1 aromatic heterocycles. The van der Waals surface area contributed by atoms with Gasteiger partial charge in [-0.1, -0.05) is 30.5 Å². The standard InChI is InChI=1S/C19H21ClN2O3S/c1-25-18(23)16-14-9-4-2-3-5-10-15(14)26-17(16)22-19(24)21-13-8-6-7-12(20)11-13/h6-8,11H,2-5,9-10H2,1H3,(H2,21,22,24). The third kappa shape index (κ3) is 4.37. The van der Waals surface area contributed by atoms with Gasteiger partial charge in [-0.25, -0.2) is 9.59 Å². The lowest BCUT2D eigenvalue weighted by Crippen LogP contribution is -2.20. The predicted octanol–water partition coefficient (Wildman–Crippen LogP) is 5.49. The summed E-state index contributed by atoms with van der Waals surface area (Å²) in [7, 11) is 1.37. The van der Waals surface area contributed by atoms with E-state index in [1.807, 2.05) is 0 Å². The zero-order chi connectivity index (χ0) is 18.5. The number of hydrogen-bond acceptors (Lipinski definition) is 4. The Labute approximate surface area is 161 Å². The molecule has 0 fully saturated rings. The Balaban J connectivity index is 1.85. The first kappa shape index (κ1) is 18.7. The minimum absolute atomic E-state index is 0.402. The van der Waals surface area contributed by atoms with Crippen molar-refractivity contribution in [3.63, 3.8) is 0 Å². The summed E-state index contributed by atoms with van der Waals surface area (Å²) < 4.78 is 4.97. The molecule has 0 bridgehead atoms. The second kappa shape index (κ2) is 8.56. The molecule has 3 rings (SSSR count). The number of carbonyl (C=O) groups is 2. The molecule has 1 aromatic carbocycles. The highest BCUT2D eigenvalue weighted by atomic mass is 35.5. The van der Waals surface area contributed by atoms with E-state index in [4.69, 9.17) is 16.3 Å². The number of anilines is 2. The summed E-state index contributed by atoms with van der Waals surface area (Å²) >= 11 is 7.41. The lowest BCUT2D eigenvalue weighted by molar-refractivity contribution is 0.0601. The fraction of sp³-hybridized carbons (Fsp3) is 0.368. The Morgan fingerprint density at radius 2 is 1.88 bits per heavy atom. The van der Waals surface area contributed by atoms with E-state index < -0.39 is 12.0 Å². The number of urea groups is 1. The molecular weight excluding hydrogens is 372 g/mol. The Hall–Kier alpha value is -2.05. The van der Waals surface area contributed by atoms with Gasteiger partial charge >= 0.3 is 12.0 Å². The zero-order valence-corrected chi connectivity index (χ0v) is 16.1. The molecule has 1 aliphatic rings. The Morgan fingerprint density at radius 1 is 1.12 bits per heavy atom. The summed E-state index contributed by atoms with van der Waals surface area (Å²) in [6.07, 6.45) is 6.27. The van der Waals surface area contributed by atoms with Gasteiger partial charge in [-0.3, -0.25) is 5.32 Å². The molecule has 0 radical (unpaired) electrons. The van der Waals surface area contributed by atoms with E-state index >= 15 is 0 Å². The summed E-state index contributed by atoms with van der Waals surface area (Å²) in [5.74, 6) is -0.402. The van der Waals surface area contributed by atoms with E-state index in [0.29, 0.717) is 21.3 Å². The second-order valence-corrected chi connectivity index (χ2v) is 7.74. The normalized spacial score (nSPS) is 13.9. The summed E-state index contributed by atoms with van der Waals surface area (Å²) in [6.45, 7) is 0. The van der Waals surface area contributed by atoms with Crippen molar-refractivity contribution in [3.05, 3.63) is 45.3 Å². The van der Waals surface area contributed by atoms with Crippen LogP contribution < -0.4 is 10.6 Å². The van der Waals surface area contributed by atoms with Crippen molar-refractivity contribution in [1.29, 1.82) is 0 Å². The van der Waals surface area contributed by atoms with E-state index in [1.54, 1.807) is 24.3 Å². The van der Waals surface area contributed by atoms with Crippen LogP contribution in [0, 0.1) is 0 Å². The van der Waals surface area contributed by atoms with Gasteiger partial charge in [0, 0.05) is 15.6 Å². The number of fused-ring (bicyclic) bond motifs is 1. The molecule has 0 atom stereocenters. The van der Waals surface area contributed by atoms with Crippen LogP contribution in [0.3, 0.4) is 0 Å². The molecule has 0 saturated carbocycles. The first-order valence-electron chi connectivity index (χ1n) is 8.65. The largest absolute Gasteiger partial charge is 0.465 e. The van der Waals surface area contributed by atoms with Gasteiger partial charge in [0.1, 0.15) is 5.00 Å². The smallest absolute Gasteiger partial charge is 0.341 e. The van der Waals surface area contributed by atoms with E-state index in [1.165, 1.54) is 29.7 Å². The van der Waals surface area contributed by atoms with Crippen LogP contribution in [0.1, 0.15) is 46.5 Å². The number of methoxy groups -OCH3 is 1. The van der Waals surface area contributed by atoms with Crippen LogP contribution in [-0.4, -0.2) is 19.1 Å². The number of carbonyl (C=O) groups excluding carboxylic acids is 2. The maximum absolute atomic E-state index is 12.4. The Kier molecular flexibility index (Phi) is 6.16. The van der Waals surface area contributed by atoms with Crippen molar-refractivity contribution in [2.45, 2.75) is 38.5 Å². The summed E-state index contributed by atoms with van der Waals surface area (Å²) in [4.78, 5) is 25.9. The summed E-state index contributed by atoms with van der Waals surface area (Å²) in [5, 5.41) is 6.64. The number of esters is 1. The van der Waals surface area contributed by atoms with Crippen molar-refractivity contribution >= 4 is 45.6 Å². The van der Waals surface area contributed by atoms with E-state index in [-0.39, 0.29) is 0 Å².